The molecule has 0 aliphatic heterocycles. The van der Waals surface area contributed by atoms with Crippen LogP contribution in [-0.4, -0.2) is 36.8 Å². The van der Waals surface area contributed by atoms with E-state index in [4.69, 9.17) is 0 Å². The van der Waals surface area contributed by atoms with Gasteiger partial charge in [0.2, 0.25) is 0 Å². The third kappa shape index (κ3) is 2.62. The maximum absolute atomic E-state index is 12.2. The number of aromatic nitrogens is 5. The molecule has 3 aromatic heterocycles. The van der Waals surface area contributed by atoms with Crippen LogP contribution in [0.15, 0.2) is 30.6 Å². The van der Waals surface area contributed by atoms with E-state index in [9.17, 15) is 4.79 Å². The van der Waals surface area contributed by atoms with Crippen molar-refractivity contribution in [3.63, 3.8) is 0 Å². The van der Waals surface area contributed by atoms with Crippen LogP contribution in [-0.2, 0) is 6.54 Å². The highest BCUT2D eigenvalue weighted by atomic mass is 16.1. The number of hydrogen-bond acceptors (Lipinski definition) is 4. The van der Waals surface area contributed by atoms with Gasteiger partial charge >= 0.3 is 0 Å². The van der Waals surface area contributed by atoms with Gasteiger partial charge in [-0.15, -0.1) is 5.10 Å². The Morgan fingerprint density at radius 2 is 2.19 bits per heavy atom. The molecule has 0 saturated carbocycles. The van der Waals surface area contributed by atoms with Crippen molar-refractivity contribution in [2.45, 2.75) is 20.4 Å². The van der Waals surface area contributed by atoms with Crippen LogP contribution in [0, 0.1) is 13.8 Å². The van der Waals surface area contributed by atoms with E-state index >= 15 is 0 Å². The zero-order valence-corrected chi connectivity index (χ0v) is 11.9. The smallest absolute Gasteiger partial charge is 0.271 e. The zero-order valence-electron chi connectivity index (χ0n) is 11.9. The summed E-state index contributed by atoms with van der Waals surface area (Å²) in [7, 11) is 0. The van der Waals surface area contributed by atoms with E-state index in [2.05, 4.69) is 20.6 Å². The van der Waals surface area contributed by atoms with E-state index in [1.54, 1.807) is 4.68 Å². The minimum atomic E-state index is -0.173. The molecule has 3 heterocycles. The Morgan fingerprint density at radius 3 is 2.90 bits per heavy atom. The molecule has 0 aromatic carbocycles. The quantitative estimate of drug-likeness (QED) is 0.774. The summed E-state index contributed by atoms with van der Waals surface area (Å²) < 4.78 is 3.60. The topological polar surface area (TPSA) is 77.1 Å². The molecular formula is C14H16N6O. The van der Waals surface area contributed by atoms with Gasteiger partial charge in [-0.25, -0.2) is 4.98 Å². The van der Waals surface area contributed by atoms with Gasteiger partial charge in [0.25, 0.3) is 5.91 Å². The first-order valence-corrected chi connectivity index (χ1v) is 6.74. The summed E-state index contributed by atoms with van der Waals surface area (Å²) in [5.74, 6) is -0.173. The highest BCUT2D eigenvalue weighted by Crippen LogP contribution is 2.11. The van der Waals surface area contributed by atoms with Crippen molar-refractivity contribution in [2.75, 3.05) is 6.54 Å². The minimum absolute atomic E-state index is 0.173. The number of carbonyl (C=O) groups excluding carboxylic acids is 1. The molecule has 0 aliphatic carbocycles. The molecule has 0 saturated heterocycles. The standard InChI is InChI=1S/C14H16N6O/c1-10-9-19(18-17-10)8-6-15-14(21)13-11(2)20-7-4-3-5-12(20)16-13/h3-5,7,9H,6,8H2,1-2H3,(H,15,21). The summed E-state index contributed by atoms with van der Waals surface area (Å²) in [5.41, 5.74) is 2.92. The summed E-state index contributed by atoms with van der Waals surface area (Å²) in [6.45, 7) is 4.83. The molecule has 0 bridgehead atoms. The van der Waals surface area contributed by atoms with E-state index in [1.807, 2.05) is 48.8 Å². The second kappa shape index (κ2) is 5.35. The lowest BCUT2D eigenvalue weighted by Gasteiger charge is -2.03. The van der Waals surface area contributed by atoms with E-state index < -0.39 is 0 Å². The Hall–Kier alpha value is -2.70. The summed E-state index contributed by atoms with van der Waals surface area (Å²) in [6.07, 6.45) is 3.73. The Balaban J connectivity index is 1.68. The molecule has 21 heavy (non-hydrogen) atoms. The molecule has 0 unspecified atom stereocenters. The average Bonchev–Trinajstić information content (AvgIpc) is 3.03. The van der Waals surface area contributed by atoms with Gasteiger partial charge < -0.3 is 9.72 Å². The van der Waals surface area contributed by atoms with Crippen molar-refractivity contribution in [2.24, 2.45) is 0 Å². The molecule has 7 nitrogen and oxygen atoms in total. The first kappa shape index (κ1) is 13.3. The van der Waals surface area contributed by atoms with Crippen LogP contribution in [0.25, 0.3) is 5.65 Å². The van der Waals surface area contributed by atoms with Crippen molar-refractivity contribution >= 4 is 11.6 Å². The predicted molar refractivity (Wildman–Crippen MR) is 77.0 cm³/mol. The van der Waals surface area contributed by atoms with Crippen LogP contribution in [0.3, 0.4) is 0 Å². The maximum Gasteiger partial charge on any atom is 0.271 e. The number of carbonyl (C=O) groups is 1. The molecule has 0 spiro atoms. The number of pyridine rings is 1. The Kier molecular flexibility index (Phi) is 3.39. The zero-order chi connectivity index (χ0) is 14.8. The summed E-state index contributed by atoms with van der Waals surface area (Å²) in [5, 5.41) is 10.7. The molecule has 0 fully saturated rings. The van der Waals surface area contributed by atoms with Crippen molar-refractivity contribution in [1.82, 2.24) is 29.7 Å². The van der Waals surface area contributed by atoms with E-state index in [1.165, 1.54) is 0 Å². The molecule has 0 aliphatic rings. The first-order valence-electron chi connectivity index (χ1n) is 6.74. The number of hydrogen-bond donors (Lipinski definition) is 1. The van der Waals surface area contributed by atoms with Gasteiger partial charge in [0, 0.05) is 18.9 Å². The lowest BCUT2D eigenvalue weighted by molar-refractivity contribution is 0.0947. The molecular weight excluding hydrogens is 268 g/mol. The molecule has 7 heteroatoms. The number of amides is 1. The van der Waals surface area contributed by atoms with Crippen molar-refractivity contribution in [1.29, 1.82) is 0 Å². The maximum atomic E-state index is 12.2. The summed E-state index contributed by atoms with van der Waals surface area (Å²) in [6, 6.07) is 5.69. The molecule has 3 rings (SSSR count). The van der Waals surface area contributed by atoms with Crippen LogP contribution < -0.4 is 5.32 Å². The number of rotatable bonds is 4. The van der Waals surface area contributed by atoms with Crippen molar-refractivity contribution < 1.29 is 4.79 Å². The molecule has 1 N–H and O–H groups in total. The van der Waals surface area contributed by atoms with E-state index in [0.717, 1.165) is 17.0 Å². The fourth-order valence-electron chi connectivity index (χ4n) is 2.21. The second-order valence-corrected chi connectivity index (χ2v) is 4.85. The Morgan fingerprint density at radius 1 is 1.33 bits per heavy atom. The molecule has 0 atom stereocenters. The number of nitrogens with zero attached hydrogens (tertiary/aromatic N) is 5. The van der Waals surface area contributed by atoms with E-state index in [0.29, 0.717) is 18.8 Å². The van der Waals surface area contributed by atoms with Crippen LogP contribution in [0.2, 0.25) is 0 Å². The fraction of sp³-hybridized carbons (Fsp3) is 0.286. The largest absolute Gasteiger partial charge is 0.349 e. The predicted octanol–water partition coefficient (Wildman–Crippen LogP) is 0.973. The van der Waals surface area contributed by atoms with Crippen LogP contribution in [0.5, 0.6) is 0 Å². The highest BCUT2D eigenvalue weighted by molar-refractivity contribution is 5.94. The minimum Gasteiger partial charge on any atom is -0.349 e. The van der Waals surface area contributed by atoms with Gasteiger partial charge in [-0.1, -0.05) is 11.3 Å². The number of imidazole rings is 1. The second-order valence-electron chi connectivity index (χ2n) is 4.85. The fourth-order valence-corrected chi connectivity index (χ4v) is 2.21. The van der Waals surface area contributed by atoms with Gasteiger partial charge in [-0.2, -0.15) is 0 Å². The highest BCUT2D eigenvalue weighted by Gasteiger charge is 2.14. The molecule has 1 amide bonds. The van der Waals surface area contributed by atoms with Crippen LogP contribution in [0.1, 0.15) is 21.9 Å². The molecule has 108 valence electrons. The third-order valence-electron chi connectivity index (χ3n) is 3.26. The first-order chi connectivity index (χ1) is 10.1. The molecule has 0 radical (unpaired) electrons. The number of nitrogens with one attached hydrogen (secondary N) is 1. The SMILES string of the molecule is Cc1cn(CCNC(=O)c2nc3ccccn3c2C)nn1. The van der Waals surface area contributed by atoms with Crippen molar-refractivity contribution in [3.8, 4) is 0 Å². The summed E-state index contributed by atoms with van der Waals surface area (Å²) in [4.78, 5) is 16.6. The lowest BCUT2D eigenvalue weighted by atomic mass is 10.3. The van der Waals surface area contributed by atoms with Crippen molar-refractivity contribution in [3.05, 3.63) is 47.7 Å². The van der Waals surface area contributed by atoms with Gasteiger partial charge in [0.1, 0.15) is 11.3 Å². The van der Waals surface area contributed by atoms with Gasteiger partial charge in [0.05, 0.1) is 17.9 Å². The van der Waals surface area contributed by atoms with Gasteiger partial charge in [-0.3, -0.25) is 9.48 Å². The van der Waals surface area contributed by atoms with Crippen LogP contribution >= 0.6 is 0 Å². The third-order valence-corrected chi connectivity index (χ3v) is 3.26. The monoisotopic (exact) mass is 284 g/mol. The Labute approximate surface area is 121 Å². The number of aryl methyl sites for hydroxylation is 2. The van der Waals surface area contributed by atoms with Gasteiger partial charge in [0.15, 0.2) is 0 Å². The lowest BCUT2D eigenvalue weighted by Crippen LogP contribution is -2.28. The van der Waals surface area contributed by atoms with Gasteiger partial charge in [-0.05, 0) is 26.0 Å². The Bertz CT molecular complexity index is 788. The van der Waals surface area contributed by atoms with Crippen LogP contribution in [0.4, 0.5) is 0 Å². The summed E-state index contributed by atoms with van der Waals surface area (Å²) >= 11 is 0. The number of fused-ring (bicyclic) bond motifs is 1. The normalized spacial score (nSPS) is 11.0. The molecule has 3 aromatic rings. The average molecular weight is 284 g/mol. The van der Waals surface area contributed by atoms with E-state index in [-0.39, 0.29) is 5.91 Å².